The Bertz CT molecular complexity index is 1630. The van der Waals surface area contributed by atoms with Gasteiger partial charge in [0.25, 0.3) is 0 Å². The summed E-state index contributed by atoms with van der Waals surface area (Å²) in [5.41, 5.74) is 4.23. The lowest BCUT2D eigenvalue weighted by atomic mass is 10.0. The molecule has 0 fully saturated rings. The summed E-state index contributed by atoms with van der Waals surface area (Å²) in [5, 5.41) is 22.2. The van der Waals surface area contributed by atoms with E-state index in [2.05, 4.69) is 48.3 Å². The summed E-state index contributed by atoms with van der Waals surface area (Å²) in [6.07, 6.45) is 0. The number of nitrogens with zero attached hydrogens (tertiary/aromatic N) is 3. The lowest BCUT2D eigenvalue weighted by Crippen LogP contribution is -2.09. The lowest BCUT2D eigenvalue weighted by molar-refractivity contribution is -0.120. The van der Waals surface area contributed by atoms with E-state index < -0.39 is 5.91 Å². The van der Waals surface area contributed by atoms with Gasteiger partial charge in [-0.05, 0) is 52.4 Å². The molecule has 0 saturated heterocycles. The molecule has 0 bridgehead atoms. The van der Waals surface area contributed by atoms with Crippen LogP contribution in [0.3, 0.4) is 0 Å². The van der Waals surface area contributed by atoms with Gasteiger partial charge in [0.2, 0.25) is 5.88 Å². The highest BCUT2D eigenvalue weighted by Gasteiger charge is 2.18. The maximum absolute atomic E-state index is 12.6. The molecule has 0 aliphatic heterocycles. The Morgan fingerprint density at radius 3 is 2.49 bits per heavy atom. The van der Waals surface area contributed by atoms with Crippen LogP contribution in [0.5, 0.6) is 11.6 Å². The third-order valence-corrected chi connectivity index (χ3v) is 6.53. The molecular formula is C31H29N3O3. The van der Waals surface area contributed by atoms with E-state index >= 15 is 0 Å². The number of hydrogen-bond acceptors (Lipinski definition) is 4. The topological polar surface area (TPSA) is 76.2 Å². The number of aromatic hydroxyl groups is 1. The van der Waals surface area contributed by atoms with Crippen LogP contribution in [0, 0.1) is 6.92 Å². The van der Waals surface area contributed by atoms with Crippen LogP contribution in [0.4, 0.5) is 5.69 Å². The number of benzene rings is 4. The van der Waals surface area contributed by atoms with Crippen molar-refractivity contribution in [3.05, 3.63) is 102 Å². The summed E-state index contributed by atoms with van der Waals surface area (Å²) in [6, 6.07) is 27.8. The van der Waals surface area contributed by atoms with E-state index in [-0.39, 0.29) is 24.1 Å². The van der Waals surface area contributed by atoms with Gasteiger partial charge in [-0.25, -0.2) is 0 Å². The summed E-state index contributed by atoms with van der Waals surface area (Å²) >= 11 is 0. The largest absolute Gasteiger partial charge is 0.493 e. The highest BCUT2D eigenvalue weighted by Crippen LogP contribution is 2.39. The first-order valence-electron chi connectivity index (χ1n) is 12.4. The van der Waals surface area contributed by atoms with E-state index in [1.165, 1.54) is 0 Å². The minimum atomic E-state index is -0.526. The van der Waals surface area contributed by atoms with E-state index in [0.717, 1.165) is 38.4 Å². The number of carbonyl (C=O) groups excluding carboxylic acids is 1. The zero-order valence-electron chi connectivity index (χ0n) is 21.2. The van der Waals surface area contributed by atoms with Crippen LogP contribution in [0.1, 0.15) is 36.5 Å². The van der Waals surface area contributed by atoms with Gasteiger partial charge in [-0.1, -0.05) is 86.6 Å². The van der Waals surface area contributed by atoms with E-state index in [1.807, 2.05) is 67.6 Å². The second kappa shape index (κ2) is 10.3. The van der Waals surface area contributed by atoms with E-state index in [0.29, 0.717) is 12.3 Å². The van der Waals surface area contributed by atoms with Gasteiger partial charge in [0.1, 0.15) is 5.75 Å². The van der Waals surface area contributed by atoms with Crippen molar-refractivity contribution in [2.24, 2.45) is 10.2 Å². The fraction of sp³-hybridized carbons (Fsp3) is 0.194. The van der Waals surface area contributed by atoms with Gasteiger partial charge in [-0.3, -0.25) is 4.79 Å². The fourth-order valence-electron chi connectivity index (χ4n) is 4.65. The molecule has 0 saturated carbocycles. The Hall–Kier alpha value is -4.45. The van der Waals surface area contributed by atoms with E-state index in [1.54, 1.807) is 4.57 Å². The molecule has 5 rings (SSSR count). The predicted molar refractivity (Wildman–Crippen MR) is 147 cm³/mol. The third kappa shape index (κ3) is 4.96. The number of hydrogen-bond donors (Lipinski definition) is 1. The average Bonchev–Trinajstić information content (AvgIpc) is 3.16. The van der Waals surface area contributed by atoms with Crippen LogP contribution < -0.4 is 4.74 Å². The quantitative estimate of drug-likeness (QED) is 0.237. The van der Waals surface area contributed by atoms with Crippen molar-refractivity contribution in [3.8, 4) is 11.6 Å². The van der Waals surface area contributed by atoms with Gasteiger partial charge in [0.05, 0.1) is 12.1 Å². The first-order chi connectivity index (χ1) is 17.9. The standard InChI is InChI=1S/C31H29N3O3/c1-20(2)24-16-15-21(3)17-28(24)37-19-29(35)32-33-30-26-13-6-7-14-27(26)34(31(30)36)18-23-11-8-10-22-9-4-5-12-25(22)23/h4-17,20,36H,18-19H2,1-3H3. The zero-order chi connectivity index (χ0) is 25.9. The highest BCUT2D eigenvalue weighted by molar-refractivity contribution is 5.95. The second-order valence-electron chi connectivity index (χ2n) is 9.49. The summed E-state index contributed by atoms with van der Waals surface area (Å²) < 4.78 is 7.60. The van der Waals surface area contributed by atoms with Gasteiger partial charge in [0, 0.05) is 5.39 Å². The number of fused-ring (bicyclic) bond motifs is 2. The molecule has 0 radical (unpaired) electrons. The van der Waals surface area contributed by atoms with Crippen LogP contribution in [-0.2, 0) is 11.3 Å². The number of aromatic nitrogens is 1. The van der Waals surface area contributed by atoms with Crippen molar-refractivity contribution < 1.29 is 14.6 Å². The van der Waals surface area contributed by atoms with Gasteiger partial charge in [-0.2, -0.15) is 0 Å². The Kier molecular flexibility index (Phi) is 6.73. The Morgan fingerprint density at radius 1 is 0.946 bits per heavy atom. The molecule has 1 heterocycles. The zero-order valence-corrected chi connectivity index (χ0v) is 21.2. The summed E-state index contributed by atoms with van der Waals surface area (Å²) in [6.45, 7) is 6.36. The predicted octanol–water partition coefficient (Wildman–Crippen LogP) is 7.67. The second-order valence-corrected chi connectivity index (χ2v) is 9.49. The molecular weight excluding hydrogens is 462 g/mol. The smallest absolute Gasteiger partial charge is 0.302 e. The van der Waals surface area contributed by atoms with E-state index in [9.17, 15) is 9.90 Å². The maximum Gasteiger partial charge on any atom is 0.302 e. The monoisotopic (exact) mass is 491 g/mol. The van der Waals surface area contributed by atoms with Gasteiger partial charge in [0.15, 0.2) is 12.3 Å². The summed E-state index contributed by atoms with van der Waals surface area (Å²) in [5.74, 6) is 0.374. The molecule has 4 aromatic carbocycles. The number of amides is 1. The molecule has 37 heavy (non-hydrogen) atoms. The van der Waals surface area contributed by atoms with Gasteiger partial charge >= 0.3 is 5.91 Å². The van der Waals surface area contributed by atoms with E-state index in [4.69, 9.17) is 4.74 Å². The van der Waals surface area contributed by atoms with Crippen molar-refractivity contribution in [2.75, 3.05) is 6.61 Å². The molecule has 0 spiro atoms. The maximum atomic E-state index is 12.6. The van der Waals surface area contributed by atoms with Crippen molar-refractivity contribution in [1.29, 1.82) is 0 Å². The molecule has 0 unspecified atom stereocenters. The summed E-state index contributed by atoms with van der Waals surface area (Å²) in [7, 11) is 0. The minimum Gasteiger partial charge on any atom is -0.493 e. The van der Waals surface area contributed by atoms with Gasteiger partial charge < -0.3 is 14.4 Å². The first-order valence-corrected chi connectivity index (χ1v) is 12.4. The normalized spacial score (nSPS) is 11.7. The first kappa shape index (κ1) is 24.3. The highest BCUT2D eigenvalue weighted by atomic mass is 16.5. The molecule has 1 N–H and O–H groups in total. The third-order valence-electron chi connectivity index (χ3n) is 6.53. The molecule has 6 nitrogen and oxygen atoms in total. The Balaban J connectivity index is 1.41. The molecule has 186 valence electrons. The molecule has 5 aromatic rings. The SMILES string of the molecule is Cc1ccc(C(C)C)c(OCC(=O)N=Nc2c(O)n(Cc3cccc4ccccc34)c3ccccc23)c1. The number of rotatable bonds is 7. The fourth-order valence-corrected chi connectivity index (χ4v) is 4.65. The number of azo groups is 1. The Morgan fingerprint density at radius 2 is 1.68 bits per heavy atom. The number of ether oxygens (including phenoxy) is 1. The average molecular weight is 492 g/mol. The Labute approximate surface area is 215 Å². The number of carbonyl (C=O) groups is 1. The summed E-state index contributed by atoms with van der Waals surface area (Å²) in [4.78, 5) is 12.6. The number of para-hydroxylation sites is 1. The van der Waals surface area contributed by atoms with Crippen molar-refractivity contribution in [3.63, 3.8) is 0 Å². The lowest BCUT2D eigenvalue weighted by Gasteiger charge is -2.13. The van der Waals surface area contributed by atoms with Crippen LogP contribution in [0.15, 0.2) is 95.2 Å². The van der Waals surface area contributed by atoms with Crippen LogP contribution in [0.2, 0.25) is 0 Å². The molecule has 0 atom stereocenters. The minimum absolute atomic E-state index is 0.0348. The van der Waals surface area contributed by atoms with Crippen LogP contribution in [0.25, 0.3) is 21.7 Å². The van der Waals surface area contributed by atoms with Crippen molar-refractivity contribution in [2.45, 2.75) is 33.2 Å². The molecule has 1 amide bonds. The molecule has 0 aliphatic rings. The van der Waals surface area contributed by atoms with Crippen LogP contribution in [-0.4, -0.2) is 22.2 Å². The van der Waals surface area contributed by atoms with Gasteiger partial charge in [-0.15, -0.1) is 10.2 Å². The van der Waals surface area contributed by atoms with Crippen LogP contribution >= 0.6 is 0 Å². The molecule has 6 heteroatoms. The van der Waals surface area contributed by atoms with Crippen molar-refractivity contribution in [1.82, 2.24) is 4.57 Å². The molecule has 0 aliphatic carbocycles. The number of aryl methyl sites for hydroxylation is 1. The van der Waals surface area contributed by atoms with Crippen molar-refractivity contribution >= 4 is 33.3 Å². The molecule has 1 aromatic heterocycles.